The first-order valence-corrected chi connectivity index (χ1v) is 8.83. The predicted octanol–water partition coefficient (Wildman–Crippen LogP) is -0.0847. The Morgan fingerprint density at radius 2 is 2.08 bits per heavy atom. The zero-order valence-electron chi connectivity index (χ0n) is 14.0. The van der Waals surface area contributed by atoms with E-state index in [9.17, 15) is 19.8 Å². The van der Waals surface area contributed by atoms with Crippen LogP contribution in [0.3, 0.4) is 0 Å². The number of likely N-dealkylation sites (tertiary alicyclic amines) is 1. The zero-order valence-corrected chi connectivity index (χ0v) is 15.6. The summed E-state index contributed by atoms with van der Waals surface area (Å²) in [5, 5.41) is 27.3. The second-order valence-electron chi connectivity index (χ2n) is 6.57. The number of thioether (sulfide) groups is 1. The minimum Gasteiger partial charge on any atom is -0.477 e. The van der Waals surface area contributed by atoms with Gasteiger partial charge in [0.15, 0.2) is 0 Å². The van der Waals surface area contributed by atoms with Gasteiger partial charge in [-0.25, -0.2) is 4.79 Å². The molecule has 5 N–H and O–H groups in total. The van der Waals surface area contributed by atoms with Gasteiger partial charge in [-0.05, 0) is 6.92 Å². The van der Waals surface area contributed by atoms with Crippen molar-refractivity contribution in [1.82, 2.24) is 9.80 Å². The number of aliphatic carboxylic acids is 1. The number of fused-ring (bicyclic) bond motifs is 1. The SMILES string of the molecule is C[C@@H](O)[C@H]1C(=O)N2C(C(=O)O)=C(SC3CN(C(=N)CN)C3)[C@H](C)[C@H]12.Cl. The van der Waals surface area contributed by atoms with Crippen LogP contribution in [-0.4, -0.2) is 74.8 Å². The maximum Gasteiger partial charge on any atom is 0.353 e. The molecule has 8 nitrogen and oxygen atoms in total. The predicted molar refractivity (Wildman–Crippen MR) is 96.6 cm³/mol. The Labute approximate surface area is 156 Å². The number of carbonyl (C=O) groups is 2. The summed E-state index contributed by atoms with van der Waals surface area (Å²) in [5.41, 5.74) is 5.51. The number of nitrogens with two attached hydrogens (primary N) is 1. The highest BCUT2D eigenvalue weighted by molar-refractivity contribution is 8.03. The molecule has 10 heteroatoms. The molecule has 140 valence electrons. The molecule has 3 aliphatic rings. The smallest absolute Gasteiger partial charge is 0.353 e. The van der Waals surface area contributed by atoms with Gasteiger partial charge in [0.2, 0.25) is 5.91 Å². The summed E-state index contributed by atoms with van der Waals surface area (Å²) in [6.07, 6.45) is -0.787. The molecule has 2 saturated heterocycles. The van der Waals surface area contributed by atoms with E-state index < -0.39 is 18.0 Å². The summed E-state index contributed by atoms with van der Waals surface area (Å²) in [4.78, 5) is 27.8. The standard InChI is InChI=1S/C15H22N4O4S.ClH/c1-6-11-10(7(2)20)14(21)19(11)12(15(22)23)13(6)24-8-4-18(5-8)9(17)3-16;/h6-8,10-11,17,20H,3-5,16H2,1-2H3,(H,22,23);1H/t6-,7-,10-,11-;/m1./s1. The molecule has 0 bridgehead atoms. The number of aliphatic hydroxyl groups is 1. The van der Waals surface area contributed by atoms with E-state index in [1.165, 1.54) is 16.7 Å². The zero-order chi connectivity index (χ0) is 17.8. The van der Waals surface area contributed by atoms with Gasteiger partial charge in [-0.15, -0.1) is 24.2 Å². The Morgan fingerprint density at radius 1 is 1.48 bits per heavy atom. The second kappa shape index (κ2) is 7.14. The van der Waals surface area contributed by atoms with Crippen molar-refractivity contribution in [2.24, 2.45) is 17.6 Å². The maximum absolute atomic E-state index is 12.2. The number of amides is 1. The number of β-lactam (4-membered cyclic amide) rings is 1. The van der Waals surface area contributed by atoms with Crippen molar-refractivity contribution in [2.75, 3.05) is 19.6 Å². The number of carboxylic acids is 1. The first-order chi connectivity index (χ1) is 11.3. The van der Waals surface area contributed by atoms with Crippen LogP contribution in [0.25, 0.3) is 0 Å². The molecule has 0 aromatic carbocycles. The van der Waals surface area contributed by atoms with E-state index in [-0.39, 0.29) is 47.8 Å². The van der Waals surface area contributed by atoms with Crippen LogP contribution in [0, 0.1) is 17.2 Å². The van der Waals surface area contributed by atoms with Crippen molar-refractivity contribution in [2.45, 2.75) is 31.2 Å². The van der Waals surface area contributed by atoms with Crippen LogP contribution in [0.1, 0.15) is 13.8 Å². The highest BCUT2D eigenvalue weighted by Crippen LogP contribution is 2.51. The molecule has 0 unspecified atom stereocenters. The van der Waals surface area contributed by atoms with Gasteiger partial charge < -0.3 is 25.7 Å². The molecule has 0 radical (unpaired) electrons. The molecule has 2 fully saturated rings. The average Bonchev–Trinajstić information content (AvgIpc) is 2.70. The topological polar surface area (TPSA) is 131 Å². The minimum absolute atomic E-state index is 0. The van der Waals surface area contributed by atoms with Gasteiger partial charge in [0.05, 0.1) is 24.6 Å². The summed E-state index contributed by atoms with van der Waals surface area (Å²) >= 11 is 1.48. The molecule has 4 atom stereocenters. The number of hydrogen-bond acceptors (Lipinski definition) is 6. The first kappa shape index (κ1) is 20.0. The highest BCUT2D eigenvalue weighted by Gasteiger charge is 2.60. The van der Waals surface area contributed by atoms with Crippen molar-refractivity contribution >= 4 is 41.9 Å². The van der Waals surface area contributed by atoms with E-state index >= 15 is 0 Å². The third-order valence-electron chi connectivity index (χ3n) is 5.03. The van der Waals surface area contributed by atoms with E-state index in [1.807, 2.05) is 11.8 Å². The van der Waals surface area contributed by atoms with Crippen LogP contribution in [0.5, 0.6) is 0 Å². The third kappa shape index (κ3) is 3.03. The average molecular weight is 391 g/mol. The largest absolute Gasteiger partial charge is 0.477 e. The molecule has 3 aliphatic heterocycles. The Hall–Kier alpha value is -1.29. The highest BCUT2D eigenvalue weighted by atomic mass is 35.5. The molecule has 0 saturated carbocycles. The summed E-state index contributed by atoms with van der Waals surface area (Å²) < 4.78 is 0. The van der Waals surface area contributed by atoms with Crippen LogP contribution in [0.15, 0.2) is 10.6 Å². The maximum atomic E-state index is 12.2. The molecule has 3 rings (SSSR count). The van der Waals surface area contributed by atoms with Gasteiger partial charge in [-0.1, -0.05) is 6.92 Å². The van der Waals surface area contributed by atoms with E-state index in [2.05, 4.69) is 0 Å². The lowest BCUT2D eigenvalue weighted by atomic mass is 9.79. The molecular formula is C15H23ClN4O4S. The third-order valence-corrected chi connectivity index (χ3v) is 6.48. The van der Waals surface area contributed by atoms with Gasteiger partial charge in [-0.3, -0.25) is 10.2 Å². The van der Waals surface area contributed by atoms with Gasteiger partial charge in [0.1, 0.15) is 11.5 Å². The fourth-order valence-corrected chi connectivity index (χ4v) is 5.24. The summed E-state index contributed by atoms with van der Waals surface area (Å²) in [7, 11) is 0. The van der Waals surface area contributed by atoms with Gasteiger partial charge in [0, 0.05) is 29.2 Å². The van der Waals surface area contributed by atoms with E-state index in [0.29, 0.717) is 23.8 Å². The van der Waals surface area contributed by atoms with Crippen molar-refractivity contribution in [3.05, 3.63) is 10.6 Å². The van der Waals surface area contributed by atoms with Crippen molar-refractivity contribution < 1.29 is 19.8 Å². The molecule has 0 aromatic heterocycles. The number of carbonyl (C=O) groups excluding carboxylic acids is 1. The van der Waals surface area contributed by atoms with Gasteiger partial charge >= 0.3 is 5.97 Å². The first-order valence-electron chi connectivity index (χ1n) is 7.95. The summed E-state index contributed by atoms with van der Waals surface area (Å²) in [6, 6.07) is -0.273. The molecule has 1 amide bonds. The number of rotatable bonds is 5. The molecule has 0 aliphatic carbocycles. The van der Waals surface area contributed by atoms with Crippen molar-refractivity contribution in [3.63, 3.8) is 0 Å². The van der Waals surface area contributed by atoms with Crippen molar-refractivity contribution in [3.8, 4) is 0 Å². The Kier molecular flexibility index (Phi) is 5.72. The number of aliphatic hydroxyl groups excluding tert-OH is 1. The molecule has 0 spiro atoms. The van der Waals surface area contributed by atoms with Crippen LogP contribution < -0.4 is 5.73 Å². The summed E-state index contributed by atoms with van der Waals surface area (Å²) in [5.74, 6) is -1.67. The molecule has 25 heavy (non-hydrogen) atoms. The Bertz CT molecular complexity index is 635. The number of nitrogens with one attached hydrogen (secondary N) is 1. The number of amidine groups is 1. The number of hydrogen-bond donors (Lipinski definition) is 4. The monoisotopic (exact) mass is 390 g/mol. The van der Waals surface area contributed by atoms with E-state index in [0.717, 1.165) is 0 Å². The molecular weight excluding hydrogens is 368 g/mol. The van der Waals surface area contributed by atoms with Gasteiger partial charge in [0.25, 0.3) is 0 Å². The number of halogens is 1. The summed E-state index contributed by atoms with van der Waals surface area (Å²) in [6.45, 7) is 4.98. The fourth-order valence-electron chi connectivity index (χ4n) is 3.72. The number of carboxylic acid groups (broad SMARTS) is 1. The van der Waals surface area contributed by atoms with Crippen molar-refractivity contribution in [1.29, 1.82) is 5.41 Å². The van der Waals surface area contributed by atoms with E-state index in [4.69, 9.17) is 11.1 Å². The normalized spacial score (nSPS) is 29.6. The van der Waals surface area contributed by atoms with Crippen LogP contribution >= 0.6 is 24.2 Å². The quantitative estimate of drug-likeness (QED) is 0.293. The lowest BCUT2D eigenvalue weighted by Crippen LogP contribution is -2.63. The van der Waals surface area contributed by atoms with Crippen LogP contribution in [-0.2, 0) is 9.59 Å². The minimum atomic E-state index is -1.10. The Morgan fingerprint density at radius 3 is 2.56 bits per heavy atom. The number of nitrogens with zero attached hydrogens (tertiary/aromatic N) is 2. The second-order valence-corrected chi connectivity index (χ2v) is 7.91. The van der Waals surface area contributed by atoms with Gasteiger partial charge in [-0.2, -0.15) is 0 Å². The lowest BCUT2D eigenvalue weighted by Gasteiger charge is -2.46. The Balaban J connectivity index is 0.00000225. The fraction of sp³-hybridized carbons (Fsp3) is 0.667. The molecule has 3 heterocycles. The molecule has 0 aromatic rings. The van der Waals surface area contributed by atoms with Crippen LogP contribution in [0.4, 0.5) is 0 Å². The van der Waals surface area contributed by atoms with E-state index in [1.54, 1.807) is 6.92 Å². The van der Waals surface area contributed by atoms with Crippen LogP contribution in [0.2, 0.25) is 0 Å². The lowest BCUT2D eigenvalue weighted by molar-refractivity contribution is -0.163.